The molecule has 2 amide bonds. The van der Waals surface area contributed by atoms with Crippen LogP contribution in [0, 0.1) is 23.7 Å². The molecule has 0 saturated heterocycles. The van der Waals surface area contributed by atoms with Crippen LogP contribution in [0.5, 0.6) is 0 Å². The maximum atomic E-state index is 10.3. The fourth-order valence-electron chi connectivity index (χ4n) is 1.19. The molecule has 0 atom stereocenters. The molecule has 0 spiro atoms. The Balaban J connectivity index is 3.37. The van der Waals surface area contributed by atoms with Crippen LogP contribution in [-0.4, -0.2) is 25.4 Å². The molecule has 0 heterocycles. The van der Waals surface area contributed by atoms with E-state index in [9.17, 15) is 9.59 Å². The normalized spacial score (nSPS) is 8.60. The third kappa shape index (κ3) is 15.7. The molecule has 0 aliphatic carbocycles. The van der Waals surface area contributed by atoms with Crippen LogP contribution in [0.2, 0.25) is 0 Å². The van der Waals surface area contributed by atoms with Gasteiger partial charge in [-0.3, -0.25) is 0 Å². The van der Waals surface area contributed by atoms with Crippen molar-refractivity contribution in [3.63, 3.8) is 0 Å². The van der Waals surface area contributed by atoms with Crippen molar-refractivity contribution in [3.8, 4) is 23.7 Å². The van der Waals surface area contributed by atoms with Crippen molar-refractivity contribution in [3.05, 3.63) is 0 Å². The largest absolute Gasteiger partial charge is 0.450 e. The molecule has 0 aromatic carbocycles. The molecule has 0 unspecified atom stereocenters. The van der Waals surface area contributed by atoms with Crippen molar-refractivity contribution in [2.45, 2.75) is 38.5 Å². The van der Waals surface area contributed by atoms with Crippen LogP contribution in [0.4, 0.5) is 9.59 Å². The third-order valence-electron chi connectivity index (χ3n) is 2.12. The van der Waals surface area contributed by atoms with E-state index in [1.165, 1.54) is 0 Å². The van der Waals surface area contributed by atoms with Crippen molar-refractivity contribution in [1.82, 2.24) is 0 Å². The van der Waals surface area contributed by atoms with Gasteiger partial charge in [0.05, 0.1) is 13.2 Å². The molecule has 0 saturated carbocycles. The average Bonchev–Trinajstić information content (AvgIpc) is 2.38. The fraction of sp³-hybridized carbons (Fsp3) is 0.571. The predicted octanol–water partition coefficient (Wildman–Crippen LogP) is 1.52. The lowest BCUT2D eigenvalue weighted by Crippen LogP contribution is -2.13. The van der Waals surface area contributed by atoms with Gasteiger partial charge >= 0.3 is 12.2 Å². The molecule has 0 radical (unpaired) electrons. The Bertz CT molecular complexity index is 372. The minimum absolute atomic E-state index is 0.329. The molecule has 6 heteroatoms. The van der Waals surface area contributed by atoms with Gasteiger partial charge in [0.1, 0.15) is 0 Å². The SMILES string of the molecule is NC(=O)OCCCCC#CC#CCCCCOC(N)=O. The number of ether oxygens (including phenoxy) is 2. The first-order valence-electron chi connectivity index (χ1n) is 6.43. The van der Waals surface area contributed by atoms with E-state index in [0.29, 0.717) is 26.1 Å². The Morgan fingerprint density at radius 3 is 1.50 bits per heavy atom. The first kappa shape index (κ1) is 17.7. The molecular weight excluding hydrogens is 260 g/mol. The summed E-state index contributed by atoms with van der Waals surface area (Å²) in [4.78, 5) is 20.5. The third-order valence-corrected chi connectivity index (χ3v) is 2.12. The first-order valence-corrected chi connectivity index (χ1v) is 6.43. The van der Waals surface area contributed by atoms with Gasteiger partial charge in [-0.2, -0.15) is 0 Å². The van der Waals surface area contributed by atoms with Crippen molar-refractivity contribution in [2.24, 2.45) is 11.5 Å². The lowest BCUT2D eigenvalue weighted by atomic mass is 10.2. The van der Waals surface area contributed by atoms with Crippen LogP contribution in [-0.2, 0) is 9.47 Å². The summed E-state index contributed by atoms with van der Waals surface area (Å²) >= 11 is 0. The van der Waals surface area contributed by atoms with E-state index < -0.39 is 12.2 Å². The zero-order valence-corrected chi connectivity index (χ0v) is 11.4. The average molecular weight is 280 g/mol. The highest BCUT2D eigenvalue weighted by Crippen LogP contribution is 1.95. The van der Waals surface area contributed by atoms with Crippen LogP contribution >= 0.6 is 0 Å². The number of carbonyl (C=O) groups is 2. The van der Waals surface area contributed by atoms with Crippen LogP contribution in [0.1, 0.15) is 38.5 Å². The number of unbranched alkanes of at least 4 members (excludes halogenated alkanes) is 4. The van der Waals surface area contributed by atoms with Gasteiger partial charge in [-0.25, -0.2) is 9.59 Å². The van der Waals surface area contributed by atoms with Crippen molar-refractivity contribution in [2.75, 3.05) is 13.2 Å². The smallest absolute Gasteiger partial charge is 0.404 e. The number of carbonyl (C=O) groups excluding carboxylic acids is 2. The standard InChI is InChI=1S/C14H20N2O4/c15-13(17)19-11-9-7-5-3-1-2-4-6-8-10-12-20-14(16)18/h5-12H2,(H2,15,17)(H2,16,18). The summed E-state index contributed by atoms with van der Waals surface area (Å²) < 4.78 is 9.14. The van der Waals surface area contributed by atoms with Gasteiger partial charge in [-0.05, 0) is 37.5 Å². The number of hydrogen-bond donors (Lipinski definition) is 2. The predicted molar refractivity (Wildman–Crippen MR) is 74.3 cm³/mol. The van der Waals surface area contributed by atoms with Crippen LogP contribution in [0.15, 0.2) is 0 Å². The van der Waals surface area contributed by atoms with Gasteiger partial charge in [0, 0.05) is 12.8 Å². The molecule has 0 aliphatic rings. The lowest BCUT2D eigenvalue weighted by Gasteiger charge is -1.97. The quantitative estimate of drug-likeness (QED) is 0.519. The second-order valence-corrected chi connectivity index (χ2v) is 3.85. The van der Waals surface area contributed by atoms with E-state index in [4.69, 9.17) is 11.5 Å². The minimum atomic E-state index is -0.747. The maximum Gasteiger partial charge on any atom is 0.404 e. The summed E-state index contributed by atoms with van der Waals surface area (Å²) in [5.41, 5.74) is 9.62. The van der Waals surface area contributed by atoms with Crippen molar-refractivity contribution < 1.29 is 19.1 Å². The molecule has 20 heavy (non-hydrogen) atoms. The molecular formula is C14H20N2O4. The van der Waals surface area contributed by atoms with Gasteiger partial charge in [-0.1, -0.05) is 11.8 Å². The Morgan fingerprint density at radius 1 is 0.750 bits per heavy atom. The summed E-state index contributed by atoms with van der Waals surface area (Å²) in [6, 6.07) is 0. The molecule has 6 nitrogen and oxygen atoms in total. The summed E-state index contributed by atoms with van der Waals surface area (Å²) in [7, 11) is 0. The van der Waals surface area contributed by atoms with E-state index in [1.54, 1.807) is 0 Å². The van der Waals surface area contributed by atoms with Gasteiger partial charge in [0.2, 0.25) is 0 Å². The molecule has 0 aromatic rings. The van der Waals surface area contributed by atoms with Crippen molar-refractivity contribution >= 4 is 12.2 Å². The summed E-state index contributed by atoms with van der Waals surface area (Å²) in [5, 5.41) is 0. The van der Waals surface area contributed by atoms with Gasteiger partial charge in [0.15, 0.2) is 0 Å². The molecule has 0 aromatic heterocycles. The second kappa shape index (κ2) is 13.1. The molecule has 110 valence electrons. The molecule has 0 aliphatic heterocycles. The highest BCUT2D eigenvalue weighted by atomic mass is 16.5. The van der Waals surface area contributed by atoms with E-state index in [1.807, 2.05) is 0 Å². The topological polar surface area (TPSA) is 105 Å². The zero-order valence-electron chi connectivity index (χ0n) is 11.4. The molecule has 0 bridgehead atoms. The van der Waals surface area contributed by atoms with Crippen molar-refractivity contribution in [1.29, 1.82) is 0 Å². The highest BCUT2D eigenvalue weighted by Gasteiger charge is 1.92. The number of nitrogens with two attached hydrogens (primary N) is 2. The van der Waals surface area contributed by atoms with Crippen LogP contribution < -0.4 is 11.5 Å². The Hall–Kier alpha value is -2.34. The first-order chi connectivity index (χ1) is 9.63. The highest BCUT2D eigenvalue weighted by molar-refractivity contribution is 5.64. The molecule has 4 N–H and O–H groups in total. The number of rotatable bonds is 8. The van der Waals surface area contributed by atoms with Crippen LogP contribution in [0.3, 0.4) is 0 Å². The summed E-state index contributed by atoms with van der Waals surface area (Å²) in [5.74, 6) is 11.3. The number of amides is 2. The fourth-order valence-corrected chi connectivity index (χ4v) is 1.19. The van der Waals surface area contributed by atoms with Crippen LogP contribution in [0.25, 0.3) is 0 Å². The van der Waals surface area contributed by atoms with E-state index in [0.717, 1.165) is 25.7 Å². The second-order valence-electron chi connectivity index (χ2n) is 3.85. The van der Waals surface area contributed by atoms with Gasteiger partial charge < -0.3 is 20.9 Å². The minimum Gasteiger partial charge on any atom is -0.450 e. The summed E-state index contributed by atoms with van der Waals surface area (Å²) in [6.45, 7) is 0.659. The van der Waals surface area contributed by atoms with E-state index >= 15 is 0 Å². The molecule has 0 fully saturated rings. The Morgan fingerprint density at radius 2 is 1.15 bits per heavy atom. The Labute approximate surface area is 119 Å². The monoisotopic (exact) mass is 280 g/mol. The number of hydrogen-bond acceptors (Lipinski definition) is 4. The van der Waals surface area contributed by atoms with E-state index in [2.05, 4.69) is 33.2 Å². The number of primary amides is 2. The maximum absolute atomic E-state index is 10.3. The Kier molecular flexibility index (Phi) is 11.6. The zero-order chi connectivity index (χ0) is 15.1. The summed E-state index contributed by atoms with van der Waals surface area (Å²) in [6.07, 6.45) is 3.09. The van der Waals surface area contributed by atoms with E-state index in [-0.39, 0.29) is 0 Å². The van der Waals surface area contributed by atoms with Gasteiger partial charge in [-0.15, -0.1) is 0 Å². The lowest BCUT2D eigenvalue weighted by molar-refractivity contribution is 0.154. The molecule has 0 rings (SSSR count). The van der Waals surface area contributed by atoms with Gasteiger partial charge in [0.25, 0.3) is 0 Å².